The van der Waals surface area contributed by atoms with E-state index in [1.807, 2.05) is 31.2 Å². The van der Waals surface area contributed by atoms with E-state index in [9.17, 15) is 26.4 Å². The van der Waals surface area contributed by atoms with Gasteiger partial charge in [-0.1, -0.05) is 30.3 Å². The number of benzene rings is 2. The Morgan fingerprint density at radius 1 is 1.06 bits per heavy atom. The number of hydrogen-bond acceptors (Lipinski definition) is 4. The molecule has 9 heteroatoms. The molecule has 0 spiro atoms. The van der Waals surface area contributed by atoms with E-state index in [1.54, 1.807) is 6.92 Å². The zero-order valence-electron chi connectivity index (χ0n) is 19.3. The first-order chi connectivity index (χ1) is 16.0. The number of esters is 1. The highest BCUT2D eigenvalue weighted by Gasteiger charge is 2.35. The van der Waals surface area contributed by atoms with Crippen LogP contribution in [0.15, 0.2) is 53.4 Å². The fourth-order valence-electron chi connectivity index (χ4n) is 4.34. The molecular weight excluding hydrogens is 467 g/mol. The number of sulfonamides is 1. The van der Waals surface area contributed by atoms with Gasteiger partial charge in [0.15, 0.2) is 0 Å². The first-order valence-electron chi connectivity index (χ1n) is 11.4. The summed E-state index contributed by atoms with van der Waals surface area (Å²) in [4.78, 5) is 11.7. The van der Waals surface area contributed by atoms with Crippen molar-refractivity contribution in [1.29, 1.82) is 0 Å². The predicted octanol–water partition coefficient (Wildman–Crippen LogP) is 5.57. The van der Waals surface area contributed by atoms with Crippen LogP contribution in [0.4, 0.5) is 13.2 Å². The first-order valence-corrected chi connectivity index (χ1v) is 12.8. The molecule has 0 saturated heterocycles. The minimum absolute atomic E-state index is 0.00438. The quantitative estimate of drug-likeness (QED) is 0.447. The van der Waals surface area contributed by atoms with Crippen LogP contribution in [0.2, 0.25) is 0 Å². The molecule has 34 heavy (non-hydrogen) atoms. The second kappa shape index (κ2) is 10.9. The van der Waals surface area contributed by atoms with Crippen molar-refractivity contribution in [2.24, 2.45) is 11.8 Å². The Labute approximate surface area is 199 Å². The Bertz CT molecular complexity index is 1090. The van der Waals surface area contributed by atoms with Crippen molar-refractivity contribution in [3.8, 4) is 0 Å². The molecule has 0 heterocycles. The summed E-state index contributed by atoms with van der Waals surface area (Å²) in [5, 5.41) is 0. The maximum Gasteiger partial charge on any atom is 0.416 e. The molecule has 1 aliphatic carbocycles. The van der Waals surface area contributed by atoms with Crippen LogP contribution in [0.1, 0.15) is 49.3 Å². The van der Waals surface area contributed by atoms with E-state index in [-0.39, 0.29) is 35.8 Å². The van der Waals surface area contributed by atoms with Crippen LogP contribution in [0.3, 0.4) is 0 Å². The van der Waals surface area contributed by atoms with Crippen molar-refractivity contribution in [1.82, 2.24) is 4.31 Å². The highest BCUT2D eigenvalue weighted by molar-refractivity contribution is 7.89. The molecule has 0 aliphatic heterocycles. The molecule has 0 N–H and O–H groups in total. The molecule has 0 aromatic heterocycles. The third-order valence-electron chi connectivity index (χ3n) is 6.34. The molecular formula is C25H30F3NO4S. The van der Waals surface area contributed by atoms with Crippen LogP contribution in [-0.4, -0.2) is 31.8 Å². The second-order valence-electron chi connectivity index (χ2n) is 8.72. The number of carbonyl (C=O) groups is 1. The Morgan fingerprint density at radius 2 is 1.74 bits per heavy atom. The summed E-state index contributed by atoms with van der Waals surface area (Å²) in [6.07, 6.45) is -2.15. The van der Waals surface area contributed by atoms with Gasteiger partial charge >= 0.3 is 12.1 Å². The molecule has 186 valence electrons. The van der Waals surface area contributed by atoms with Crippen molar-refractivity contribution in [3.05, 3.63) is 65.2 Å². The molecule has 0 radical (unpaired) electrons. The summed E-state index contributed by atoms with van der Waals surface area (Å²) in [5.41, 5.74) is 0.690. The zero-order valence-corrected chi connectivity index (χ0v) is 20.2. The van der Waals surface area contributed by atoms with Gasteiger partial charge in [-0.2, -0.15) is 17.5 Å². The van der Waals surface area contributed by atoms with Gasteiger partial charge in [-0.05, 0) is 74.8 Å². The lowest BCUT2D eigenvalue weighted by molar-refractivity contribution is -0.149. The van der Waals surface area contributed by atoms with E-state index in [0.717, 1.165) is 23.3 Å². The number of aryl methyl sites for hydroxylation is 1. The molecule has 1 fully saturated rings. The van der Waals surface area contributed by atoms with Gasteiger partial charge in [0.05, 0.1) is 23.0 Å². The highest BCUT2D eigenvalue weighted by atomic mass is 32.2. The Morgan fingerprint density at radius 3 is 2.35 bits per heavy atom. The molecule has 0 amide bonds. The minimum atomic E-state index is -4.64. The minimum Gasteiger partial charge on any atom is -0.466 e. The number of rotatable bonds is 8. The van der Waals surface area contributed by atoms with Crippen LogP contribution in [0, 0.1) is 18.8 Å². The molecule has 0 atom stereocenters. The Balaban J connectivity index is 1.86. The van der Waals surface area contributed by atoms with Gasteiger partial charge in [-0.15, -0.1) is 0 Å². The Hall–Kier alpha value is -2.39. The summed E-state index contributed by atoms with van der Waals surface area (Å²) >= 11 is 0. The van der Waals surface area contributed by atoms with Crippen LogP contribution < -0.4 is 0 Å². The molecule has 2 aromatic rings. The summed E-state index contributed by atoms with van der Waals surface area (Å²) in [7, 11) is -4.19. The molecule has 0 bridgehead atoms. The number of alkyl halides is 3. The van der Waals surface area contributed by atoms with E-state index < -0.39 is 21.8 Å². The Kier molecular flexibility index (Phi) is 8.41. The average Bonchev–Trinajstić information content (AvgIpc) is 2.80. The van der Waals surface area contributed by atoms with Gasteiger partial charge in [0.1, 0.15) is 0 Å². The normalized spacial score (nSPS) is 19.2. The third kappa shape index (κ3) is 6.39. The van der Waals surface area contributed by atoms with Gasteiger partial charge in [0.25, 0.3) is 0 Å². The first kappa shape index (κ1) is 26.2. The maximum absolute atomic E-state index is 13.5. The van der Waals surface area contributed by atoms with Crippen molar-refractivity contribution >= 4 is 16.0 Å². The number of nitrogens with zero attached hydrogens (tertiary/aromatic N) is 1. The summed E-state index contributed by atoms with van der Waals surface area (Å²) < 4.78 is 73.2. The van der Waals surface area contributed by atoms with Crippen LogP contribution in [0.5, 0.6) is 0 Å². The standard InChI is InChI=1S/C25H30F3NO4S/c1-3-33-24(30)20-13-11-19(12-14-20)16-29(17-21-8-5-4-7-18(21)2)34(31,32)23-10-6-9-22(15-23)25(26,27)28/h4-10,15,19-20H,3,11-14,16-17H2,1-2H3. The summed E-state index contributed by atoms with van der Waals surface area (Å²) in [5.74, 6) is -0.425. The predicted molar refractivity (Wildman–Crippen MR) is 122 cm³/mol. The maximum atomic E-state index is 13.5. The molecule has 5 nitrogen and oxygen atoms in total. The van der Waals surface area contributed by atoms with Gasteiger partial charge in [-0.25, -0.2) is 8.42 Å². The topological polar surface area (TPSA) is 63.7 Å². The van der Waals surface area contributed by atoms with Crippen molar-refractivity contribution < 1.29 is 31.1 Å². The number of hydrogen-bond donors (Lipinski definition) is 0. The largest absolute Gasteiger partial charge is 0.466 e. The van der Waals surface area contributed by atoms with Gasteiger partial charge < -0.3 is 4.74 Å². The molecule has 2 aromatic carbocycles. The van der Waals surface area contributed by atoms with E-state index in [2.05, 4.69) is 0 Å². The molecule has 0 unspecified atom stereocenters. The van der Waals surface area contributed by atoms with Crippen molar-refractivity contribution in [2.75, 3.05) is 13.2 Å². The zero-order chi connectivity index (χ0) is 24.9. The van der Waals surface area contributed by atoms with Crippen molar-refractivity contribution in [2.45, 2.75) is 57.1 Å². The molecule has 1 saturated carbocycles. The fraction of sp³-hybridized carbons (Fsp3) is 0.480. The number of ether oxygens (including phenoxy) is 1. The molecule has 1 aliphatic rings. The SMILES string of the molecule is CCOC(=O)C1CCC(CN(Cc2ccccc2C)S(=O)(=O)c2cccc(C(F)(F)F)c2)CC1. The van der Waals surface area contributed by atoms with E-state index in [4.69, 9.17) is 4.74 Å². The van der Waals surface area contributed by atoms with E-state index in [0.29, 0.717) is 38.4 Å². The third-order valence-corrected chi connectivity index (χ3v) is 8.14. The van der Waals surface area contributed by atoms with E-state index in [1.165, 1.54) is 10.4 Å². The summed E-state index contributed by atoms with van der Waals surface area (Å²) in [6.45, 7) is 4.17. The van der Waals surface area contributed by atoms with Crippen molar-refractivity contribution in [3.63, 3.8) is 0 Å². The van der Waals surface area contributed by atoms with Crippen LogP contribution >= 0.6 is 0 Å². The highest BCUT2D eigenvalue weighted by Crippen LogP contribution is 2.34. The summed E-state index contributed by atoms with van der Waals surface area (Å²) in [6, 6.07) is 11.2. The lowest BCUT2D eigenvalue weighted by Gasteiger charge is -2.32. The van der Waals surface area contributed by atoms with E-state index >= 15 is 0 Å². The monoisotopic (exact) mass is 497 g/mol. The lowest BCUT2D eigenvalue weighted by Crippen LogP contribution is -2.37. The average molecular weight is 498 g/mol. The lowest BCUT2D eigenvalue weighted by atomic mass is 9.82. The number of halogens is 3. The fourth-order valence-corrected chi connectivity index (χ4v) is 5.88. The van der Waals surface area contributed by atoms with Gasteiger partial charge in [0.2, 0.25) is 10.0 Å². The van der Waals surface area contributed by atoms with Crippen LogP contribution in [0.25, 0.3) is 0 Å². The van der Waals surface area contributed by atoms with Crippen LogP contribution in [-0.2, 0) is 32.3 Å². The van der Waals surface area contributed by atoms with Gasteiger partial charge in [-0.3, -0.25) is 4.79 Å². The molecule has 3 rings (SSSR count). The van der Waals surface area contributed by atoms with Gasteiger partial charge in [0, 0.05) is 13.1 Å². The second-order valence-corrected chi connectivity index (χ2v) is 10.7. The smallest absolute Gasteiger partial charge is 0.416 e. The number of carbonyl (C=O) groups excluding carboxylic acids is 1.